The van der Waals surface area contributed by atoms with Crippen molar-refractivity contribution in [1.29, 1.82) is 0 Å². The van der Waals surface area contributed by atoms with E-state index in [4.69, 9.17) is 4.74 Å². The SMILES string of the molecule is CC[C@@H](Oc1ccc(C)cc1C)C(=O)N[C@@H](C)c1ccc(S(C)(=O)=O)cc1. The van der Waals surface area contributed by atoms with Crippen LogP contribution in [-0.2, 0) is 14.6 Å². The van der Waals surface area contributed by atoms with E-state index in [2.05, 4.69) is 5.32 Å². The number of nitrogens with one attached hydrogen (secondary N) is 1. The molecule has 0 bridgehead atoms. The summed E-state index contributed by atoms with van der Waals surface area (Å²) < 4.78 is 29.0. The molecule has 0 aliphatic heterocycles. The number of hydrogen-bond acceptors (Lipinski definition) is 4. The zero-order valence-corrected chi connectivity index (χ0v) is 17.3. The summed E-state index contributed by atoms with van der Waals surface area (Å²) in [6.45, 7) is 7.73. The van der Waals surface area contributed by atoms with Crippen molar-refractivity contribution in [2.75, 3.05) is 6.26 Å². The minimum absolute atomic E-state index is 0.197. The van der Waals surface area contributed by atoms with Gasteiger partial charge in [0, 0.05) is 6.26 Å². The van der Waals surface area contributed by atoms with Crippen molar-refractivity contribution >= 4 is 15.7 Å². The van der Waals surface area contributed by atoms with Gasteiger partial charge in [-0.25, -0.2) is 8.42 Å². The Balaban J connectivity index is 2.07. The lowest BCUT2D eigenvalue weighted by Gasteiger charge is -2.22. The zero-order chi connectivity index (χ0) is 20.2. The molecule has 2 aromatic rings. The van der Waals surface area contributed by atoms with Crippen molar-refractivity contribution in [3.05, 3.63) is 59.2 Å². The van der Waals surface area contributed by atoms with Crippen LogP contribution in [0.4, 0.5) is 0 Å². The maximum absolute atomic E-state index is 12.6. The van der Waals surface area contributed by atoms with Crippen LogP contribution in [0.2, 0.25) is 0 Å². The number of ether oxygens (including phenoxy) is 1. The van der Waals surface area contributed by atoms with Crippen LogP contribution >= 0.6 is 0 Å². The lowest BCUT2D eigenvalue weighted by atomic mass is 10.1. The Hall–Kier alpha value is -2.34. The summed E-state index contributed by atoms with van der Waals surface area (Å²) >= 11 is 0. The third-order valence-corrected chi connectivity index (χ3v) is 5.56. The highest BCUT2D eigenvalue weighted by Gasteiger charge is 2.21. The van der Waals surface area contributed by atoms with Crippen LogP contribution in [0.3, 0.4) is 0 Å². The van der Waals surface area contributed by atoms with E-state index < -0.39 is 15.9 Å². The third-order valence-electron chi connectivity index (χ3n) is 4.43. The van der Waals surface area contributed by atoms with Crippen molar-refractivity contribution in [3.8, 4) is 5.75 Å². The molecule has 27 heavy (non-hydrogen) atoms. The first-order valence-corrected chi connectivity index (χ1v) is 10.8. The van der Waals surface area contributed by atoms with Gasteiger partial charge in [0.2, 0.25) is 0 Å². The number of rotatable bonds is 7. The van der Waals surface area contributed by atoms with Crippen LogP contribution in [0.5, 0.6) is 5.75 Å². The molecule has 5 nitrogen and oxygen atoms in total. The lowest BCUT2D eigenvalue weighted by molar-refractivity contribution is -0.128. The van der Waals surface area contributed by atoms with Crippen LogP contribution in [0.1, 0.15) is 43.0 Å². The Morgan fingerprint density at radius 1 is 1.11 bits per heavy atom. The van der Waals surface area contributed by atoms with Gasteiger partial charge in [0.15, 0.2) is 15.9 Å². The molecule has 1 N–H and O–H groups in total. The predicted molar refractivity (Wildman–Crippen MR) is 107 cm³/mol. The molecule has 0 heterocycles. The Bertz CT molecular complexity index is 904. The summed E-state index contributed by atoms with van der Waals surface area (Å²) in [6.07, 6.45) is 1.12. The molecule has 2 aromatic carbocycles. The normalized spacial score (nSPS) is 13.7. The average Bonchev–Trinajstić information content (AvgIpc) is 2.60. The van der Waals surface area contributed by atoms with E-state index in [1.807, 2.05) is 45.9 Å². The van der Waals surface area contributed by atoms with Crippen LogP contribution in [0.15, 0.2) is 47.4 Å². The quantitative estimate of drug-likeness (QED) is 0.783. The molecule has 1 amide bonds. The highest BCUT2D eigenvalue weighted by molar-refractivity contribution is 7.90. The second kappa shape index (κ2) is 8.57. The van der Waals surface area contributed by atoms with Crippen LogP contribution in [0.25, 0.3) is 0 Å². The molecule has 0 aliphatic rings. The van der Waals surface area contributed by atoms with Gasteiger partial charge in [-0.05, 0) is 56.5 Å². The van der Waals surface area contributed by atoms with E-state index in [0.29, 0.717) is 12.2 Å². The zero-order valence-electron chi connectivity index (χ0n) is 16.4. The van der Waals surface area contributed by atoms with E-state index >= 15 is 0 Å². The predicted octanol–water partition coefficient (Wildman–Crippen LogP) is 3.74. The summed E-state index contributed by atoms with van der Waals surface area (Å²) in [5, 5.41) is 2.94. The number of benzene rings is 2. The van der Waals surface area contributed by atoms with Crippen LogP contribution < -0.4 is 10.1 Å². The molecular formula is C21H27NO4S. The minimum Gasteiger partial charge on any atom is -0.480 e. The number of sulfone groups is 1. The first-order valence-electron chi connectivity index (χ1n) is 8.96. The molecule has 0 saturated heterocycles. The van der Waals surface area contributed by atoms with Crippen LogP contribution in [-0.4, -0.2) is 26.7 Å². The molecule has 6 heteroatoms. The van der Waals surface area contributed by atoms with Gasteiger partial charge >= 0.3 is 0 Å². The fourth-order valence-electron chi connectivity index (χ4n) is 2.80. The Morgan fingerprint density at radius 3 is 2.26 bits per heavy atom. The van der Waals surface area contributed by atoms with E-state index in [1.54, 1.807) is 24.3 Å². The molecular weight excluding hydrogens is 362 g/mol. The van der Waals surface area contributed by atoms with E-state index in [1.165, 1.54) is 6.26 Å². The van der Waals surface area contributed by atoms with Gasteiger partial charge in [0.1, 0.15) is 5.75 Å². The fraction of sp³-hybridized carbons (Fsp3) is 0.381. The summed E-state index contributed by atoms with van der Waals surface area (Å²) in [4.78, 5) is 12.9. The van der Waals surface area contributed by atoms with Gasteiger partial charge in [0.05, 0.1) is 10.9 Å². The maximum Gasteiger partial charge on any atom is 0.261 e. The van der Waals surface area contributed by atoms with Gasteiger partial charge in [-0.15, -0.1) is 0 Å². The second-order valence-electron chi connectivity index (χ2n) is 6.86. The van der Waals surface area contributed by atoms with Crippen molar-refractivity contribution in [2.45, 2.75) is 51.2 Å². The third kappa shape index (κ3) is 5.57. The average molecular weight is 390 g/mol. The number of carbonyl (C=O) groups is 1. The molecule has 0 saturated carbocycles. The summed E-state index contributed by atoms with van der Waals surface area (Å²) in [6, 6.07) is 12.1. The summed E-state index contributed by atoms with van der Waals surface area (Å²) in [5.74, 6) is 0.505. The summed E-state index contributed by atoms with van der Waals surface area (Å²) in [5.41, 5.74) is 2.96. The molecule has 0 aliphatic carbocycles. The molecule has 146 valence electrons. The second-order valence-corrected chi connectivity index (χ2v) is 8.87. The number of carbonyl (C=O) groups excluding carboxylic acids is 1. The largest absolute Gasteiger partial charge is 0.480 e. The van der Waals surface area contributed by atoms with Gasteiger partial charge < -0.3 is 10.1 Å². The fourth-order valence-corrected chi connectivity index (χ4v) is 3.43. The van der Waals surface area contributed by atoms with E-state index in [9.17, 15) is 13.2 Å². The molecule has 2 rings (SSSR count). The summed E-state index contributed by atoms with van der Waals surface area (Å²) in [7, 11) is -3.23. The Labute approximate surface area is 161 Å². The smallest absolute Gasteiger partial charge is 0.261 e. The molecule has 0 radical (unpaired) electrons. The minimum atomic E-state index is -3.23. The van der Waals surface area contributed by atoms with Crippen LogP contribution in [0, 0.1) is 13.8 Å². The van der Waals surface area contributed by atoms with Gasteiger partial charge in [-0.3, -0.25) is 4.79 Å². The van der Waals surface area contributed by atoms with Gasteiger partial charge in [0.25, 0.3) is 5.91 Å². The molecule has 0 unspecified atom stereocenters. The van der Waals surface area contributed by atoms with E-state index in [-0.39, 0.29) is 16.8 Å². The van der Waals surface area contributed by atoms with Crippen molar-refractivity contribution in [2.24, 2.45) is 0 Å². The molecule has 0 aromatic heterocycles. The van der Waals surface area contributed by atoms with Crippen molar-refractivity contribution in [3.63, 3.8) is 0 Å². The van der Waals surface area contributed by atoms with Gasteiger partial charge in [-0.2, -0.15) is 0 Å². The monoisotopic (exact) mass is 389 g/mol. The topological polar surface area (TPSA) is 72.5 Å². The molecule has 0 fully saturated rings. The maximum atomic E-state index is 12.6. The Morgan fingerprint density at radius 2 is 1.74 bits per heavy atom. The number of amides is 1. The molecule has 0 spiro atoms. The first kappa shape index (κ1) is 21.0. The molecule has 2 atom stereocenters. The highest BCUT2D eigenvalue weighted by Crippen LogP contribution is 2.22. The van der Waals surface area contributed by atoms with Crippen molar-refractivity contribution < 1.29 is 17.9 Å². The number of aryl methyl sites for hydroxylation is 2. The van der Waals surface area contributed by atoms with Crippen molar-refractivity contribution in [1.82, 2.24) is 5.32 Å². The van der Waals surface area contributed by atoms with Gasteiger partial charge in [-0.1, -0.05) is 36.8 Å². The first-order chi connectivity index (χ1) is 12.6. The lowest BCUT2D eigenvalue weighted by Crippen LogP contribution is -2.39. The highest BCUT2D eigenvalue weighted by atomic mass is 32.2. The standard InChI is InChI=1S/C21H27NO4S/c1-6-19(26-20-12-7-14(2)13-15(20)3)21(23)22-16(4)17-8-10-18(11-9-17)27(5,24)25/h7-13,16,19H,6H2,1-5H3,(H,22,23)/t16-,19+/m0/s1. The Kier molecular flexibility index (Phi) is 6.65. The number of hydrogen-bond donors (Lipinski definition) is 1. The van der Waals surface area contributed by atoms with E-state index in [0.717, 1.165) is 16.7 Å².